The molecule has 2 aromatic heterocycles. The summed E-state index contributed by atoms with van der Waals surface area (Å²) < 4.78 is 2.01. The molecular weight excluding hydrogens is 568 g/mol. The maximum Gasteiger partial charge on any atom is 0.352 e. The topological polar surface area (TPSA) is 188 Å². The van der Waals surface area contributed by atoms with Crippen molar-refractivity contribution in [1.29, 1.82) is 0 Å². The van der Waals surface area contributed by atoms with Crippen molar-refractivity contribution in [2.75, 3.05) is 17.2 Å². The van der Waals surface area contributed by atoms with E-state index in [1.54, 1.807) is 0 Å². The number of carboxylic acids is 2. The normalized spacial score (nSPS) is 19.7. The molecular formula is C23H25N6O7S3+. The van der Waals surface area contributed by atoms with Crippen molar-refractivity contribution in [1.82, 2.24) is 15.2 Å². The third kappa shape index (κ3) is 6.17. The number of nitrogens with zero attached hydrogens (tertiary/aromatic N) is 4. The smallest absolute Gasteiger partial charge is 0.352 e. The number of pyridine rings is 1. The molecule has 2 aliphatic rings. The van der Waals surface area contributed by atoms with Gasteiger partial charge in [-0.2, -0.15) is 0 Å². The molecule has 0 saturated carbocycles. The second kappa shape index (κ2) is 12.0. The SMILES string of the molecule is CC[n+]1ccc(SCC2=C(C(=O)O)N3C(=O)[C@@H](NC(=O)C(=NO[C@@H](C)C(=O)O)c4csc(N)n4)[C@H]3SC2)cc1. The minimum absolute atomic E-state index is 0.0447. The Morgan fingerprint density at radius 2 is 2.08 bits per heavy atom. The number of aliphatic carboxylic acids is 2. The van der Waals surface area contributed by atoms with Gasteiger partial charge in [0.05, 0.1) is 0 Å². The lowest BCUT2D eigenvalue weighted by atomic mass is 10.0. The number of aromatic nitrogens is 2. The molecule has 1 fully saturated rings. The molecule has 2 amide bonds. The number of oxime groups is 1. The van der Waals surface area contributed by atoms with Crippen LogP contribution in [-0.2, 0) is 30.6 Å². The van der Waals surface area contributed by atoms with Gasteiger partial charge in [0.25, 0.3) is 11.8 Å². The second-order valence-electron chi connectivity index (χ2n) is 8.37. The Hall–Kier alpha value is -3.63. The first kappa shape index (κ1) is 28.4. The third-order valence-electron chi connectivity index (χ3n) is 5.80. The number of aryl methyl sites for hydroxylation is 1. The predicted octanol–water partition coefficient (Wildman–Crippen LogP) is 0.757. The lowest BCUT2D eigenvalue weighted by Gasteiger charge is -2.49. The molecule has 206 valence electrons. The zero-order valence-corrected chi connectivity index (χ0v) is 23.2. The van der Waals surface area contributed by atoms with E-state index in [9.17, 15) is 24.3 Å². The van der Waals surface area contributed by atoms with E-state index in [1.807, 2.05) is 36.0 Å². The maximum atomic E-state index is 13.1. The number of nitrogen functional groups attached to an aromatic ring is 1. The zero-order chi connectivity index (χ0) is 28.3. The van der Waals surface area contributed by atoms with E-state index in [-0.39, 0.29) is 22.2 Å². The Labute approximate surface area is 235 Å². The molecule has 0 unspecified atom stereocenters. The highest BCUT2D eigenvalue weighted by molar-refractivity contribution is 8.01. The Bertz CT molecular complexity index is 1360. The summed E-state index contributed by atoms with van der Waals surface area (Å²) in [6.07, 6.45) is 2.54. The number of anilines is 1. The fraction of sp³-hybridized carbons (Fsp3) is 0.348. The summed E-state index contributed by atoms with van der Waals surface area (Å²) in [7, 11) is 0. The van der Waals surface area contributed by atoms with Crippen LogP contribution in [0.4, 0.5) is 5.13 Å². The quantitative estimate of drug-likeness (QED) is 0.0946. The maximum absolute atomic E-state index is 13.1. The number of carbonyl (C=O) groups excluding carboxylic acids is 2. The summed E-state index contributed by atoms with van der Waals surface area (Å²) >= 11 is 3.85. The molecule has 4 rings (SSSR count). The summed E-state index contributed by atoms with van der Waals surface area (Å²) in [5.41, 5.74) is 5.87. The summed E-state index contributed by atoms with van der Waals surface area (Å²) in [5, 5.41) is 26.1. The number of fused-ring (bicyclic) bond motifs is 1. The zero-order valence-electron chi connectivity index (χ0n) is 20.8. The Morgan fingerprint density at radius 1 is 1.36 bits per heavy atom. The lowest BCUT2D eigenvalue weighted by molar-refractivity contribution is -0.693. The van der Waals surface area contributed by atoms with Gasteiger partial charge < -0.3 is 26.1 Å². The van der Waals surface area contributed by atoms with Crippen molar-refractivity contribution in [2.24, 2.45) is 5.16 Å². The summed E-state index contributed by atoms with van der Waals surface area (Å²) in [6, 6.07) is 2.87. The van der Waals surface area contributed by atoms with Crippen molar-refractivity contribution in [3.05, 3.63) is 46.9 Å². The number of hydrogen-bond donors (Lipinski definition) is 4. The van der Waals surface area contributed by atoms with Crippen LogP contribution in [0.25, 0.3) is 0 Å². The molecule has 39 heavy (non-hydrogen) atoms. The number of carboxylic acid groups (broad SMARTS) is 2. The van der Waals surface area contributed by atoms with Gasteiger partial charge in [-0.05, 0) is 19.4 Å². The van der Waals surface area contributed by atoms with Gasteiger partial charge in [0.15, 0.2) is 23.2 Å². The second-order valence-corrected chi connectivity index (χ2v) is 11.4. The van der Waals surface area contributed by atoms with Crippen LogP contribution in [0.1, 0.15) is 19.5 Å². The molecule has 0 aliphatic carbocycles. The van der Waals surface area contributed by atoms with Crippen LogP contribution in [-0.4, -0.2) is 78.6 Å². The Kier molecular flexibility index (Phi) is 8.76. The van der Waals surface area contributed by atoms with Gasteiger partial charge in [-0.1, -0.05) is 5.16 Å². The highest BCUT2D eigenvalue weighted by Crippen LogP contribution is 2.41. The molecule has 3 atom stereocenters. The van der Waals surface area contributed by atoms with Crippen molar-refractivity contribution >= 4 is 69.5 Å². The first-order valence-corrected chi connectivity index (χ1v) is 14.5. The van der Waals surface area contributed by atoms with Crippen LogP contribution in [0.15, 0.2) is 51.2 Å². The van der Waals surface area contributed by atoms with Gasteiger partial charge in [0, 0.05) is 33.9 Å². The number of carbonyl (C=O) groups is 4. The van der Waals surface area contributed by atoms with Crippen LogP contribution in [0.3, 0.4) is 0 Å². The molecule has 1 saturated heterocycles. The van der Waals surface area contributed by atoms with Crippen molar-refractivity contribution in [3.8, 4) is 0 Å². The fourth-order valence-electron chi connectivity index (χ4n) is 3.70. The van der Waals surface area contributed by atoms with E-state index >= 15 is 0 Å². The fourth-order valence-corrected chi connectivity index (χ4v) is 6.62. The number of nitrogens with one attached hydrogen (secondary N) is 1. The molecule has 2 aromatic rings. The predicted molar refractivity (Wildman–Crippen MR) is 144 cm³/mol. The van der Waals surface area contributed by atoms with Crippen LogP contribution >= 0.6 is 34.9 Å². The average Bonchev–Trinajstić information content (AvgIpc) is 3.35. The van der Waals surface area contributed by atoms with Gasteiger partial charge in [-0.25, -0.2) is 19.1 Å². The van der Waals surface area contributed by atoms with Crippen LogP contribution in [0.5, 0.6) is 0 Å². The molecule has 0 aromatic carbocycles. The van der Waals surface area contributed by atoms with E-state index in [2.05, 4.69) is 15.5 Å². The highest BCUT2D eigenvalue weighted by atomic mass is 32.2. The standard InChI is InChI=1S/C23H24N6O7S3/c1-3-28-6-4-13(5-7-28)37-8-12-9-38-20-16(19(31)29(20)17(12)22(34)35)26-18(30)15(14-10-39-23(24)25-14)27-36-11(2)21(32)33/h4-7,10-11,16,20H,3,8-9H2,1-2H3,(H4-,24,25,26,30,32,33,34,35)/p+1/t11-,16+,20+/m0/s1. The minimum atomic E-state index is -1.35. The number of amides is 2. The number of rotatable bonds is 11. The number of nitrogens with two attached hydrogens (primary N) is 1. The molecule has 2 aliphatic heterocycles. The van der Waals surface area contributed by atoms with Gasteiger partial charge in [0.2, 0.25) is 6.10 Å². The summed E-state index contributed by atoms with van der Waals surface area (Å²) in [5.74, 6) is -3.19. The van der Waals surface area contributed by atoms with E-state index in [0.717, 1.165) is 22.8 Å². The minimum Gasteiger partial charge on any atom is -0.478 e. The average molecular weight is 594 g/mol. The number of β-lactam (4-membered cyclic amide) rings is 1. The first-order valence-electron chi connectivity index (χ1n) is 11.6. The monoisotopic (exact) mass is 593 g/mol. The van der Waals surface area contributed by atoms with Crippen LogP contribution in [0.2, 0.25) is 0 Å². The summed E-state index contributed by atoms with van der Waals surface area (Å²) in [4.78, 5) is 60.5. The van der Waals surface area contributed by atoms with Gasteiger partial charge in [-0.15, -0.1) is 34.9 Å². The van der Waals surface area contributed by atoms with E-state index in [4.69, 9.17) is 15.7 Å². The van der Waals surface area contributed by atoms with Gasteiger partial charge in [0.1, 0.15) is 29.4 Å². The van der Waals surface area contributed by atoms with Gasteiger partial charge >= 0.3 is 11.9 Å². The third-order valence-corrected chi connectivity index (χ3v) is 8.92. The largest absolute Gasteiger partial charge is 0.478 e. The first-order chi connectivity index (χ1) is 18.6. The van der Waals surface area contributed by atoms with Crippen LogP contribution in [0, 0.1) is 0 Å². The lowest BCUT2D eigenvalue weighted by Crippen LogP contribution is -2.71. The van der Waals surface area contributed by atoms with E-state index < -0.39 is 41.3 Å². The molecule has 0 spiro atoms. The van der Waals surface area contributed by atoms with E-state index in [1.165, 1.54) is 40.7 Å². The van der Waals surface area contributed by atoms with Crippen molar-refractivity contribution in [3.63, 3.8) is 0 Å². The van der Waals surface area contributed by atoms with Crippen LogP contribution < -0.4 is 15.6 Å². The Morgan fingerprint density at radius 3 is 2.67 bits per heavy atom. The van der Waals surface area contributed by atoms with Crippen molar-refractivity contribution in [2.45, 2.75) is 42.8 Å². The number of hydrogen-bond acceptors (Lipinski definition) is 11. The molecule has 5 N–H and O–H groups in total. The number of thiazole rings is 1. The highest BCUT2D eigenvalue weighted by Gasteiger charge is 2.54. The molecule has 13 nitrogen and oxygen atoms in total. The molecule has 16 heteroatoms. The van der Waals surface area contributed by atoms with Crippen molar-refractivity contribution < 1.29 is 38.8 Å². The summed E-state index contributed by atoms with van der Waals surface area (Å²) in [6.45, 7) is 4.10. The Balaban J connectivity index is 1.49. The molecule has 4 heterocycles. The molecule has 0 radical (unpaired) electrons. The number of thioether (sulfide) groups is 2. The van der Waals surface area contributed by atoms with Gasteiger partial charge in [-0.3, -0.25) is 14.5 Å². The molecule has 0 bridgehead atoms. The van der Waals surface area contributed by atoms with E-state index in [0.29, 0.717) is 17.1 Å².